The second kappa shape index (κ2) is 6.04. The third-order valence-electron chi connectivity index (χ3n) is 2.24. The molecule has 1 N–H and O–H groups in total. The van der Waals surface area contributed by atoms with Crippen LogP contribution in [0, 0.1) is 0 Å². The molecule has 1 rings (SSSR count). The van der Waals surface area contributed by atoms with E-state index in [9.17, 15) is 9.90 Å². The van der Waals surface area contributed by atoms with Gasteiger partial charge in [0.1, 0.15) is 5.60 Å². The Kier molecular flexibility index (Phi) is 5.19. The zero-order valence-corrected chi connectivity index (χ0v) is 13.3. The van der Waals surface area contributed by atoms with Crippen LogP contribution in [-0.4, -0.2) is 35.4 Å². The highest BCUT2D eigenvalue weighted by atomic mass is 79.9. The van der Waals surface area contributed by atoms with Gasteiger partial charge in [-0.1, -0.05) is 0 Å². The maximum Gasteiger partial charge on any atom is 0.410 e. The molecule has 0 saturated carbocycles. The van der Waals surface area contributed by atoms with Crippen LogP contribution in [0.4, 0.5) is 4.79 Å². The van der Waals surface area contributed by atoms with Gasteiger partial charge in [0.25, 0.3) is 0 Å². The summed E-state index contributed by atoms with van der Waals surface area (Å²) in [6.45, 7) is 5.31. The zero-order valence-electron chi connectivity index (χ0n) is 10.9. The lowest BCUT2D eigenvalue weighted by molar-refractivity contribution is 0.0163. The first-order chi connectivity index (χ1) is 8.24. The van der Waals surface area contributed by atoms with Gasteiger partial charge in [0, 0.05) is 11.9 Å². The van der Waals surface area contributed by atoms with Crippen LogP contribution in [0.1, 0.15) is 31.7 Å². The molecule has 1 aromatic rings. The quantitative estimate of drug-likeness (QED) is 0.920. The smallest absolute Gasteiger partial charge is 0.410 e. The van der Waals surface area contributed by atoms with E-state index in [-0.39, 0.29) is 12.6 Å². The molecule has 0 radical (unpaired) electrons. The largest absolute Gasteiger partial charge is 0.444 e. The fourth-order valence-corrected chi connectivity index (χ4v) is 2.93. The lowest BCUT2D eigenvalue weighted by atomic mass is 10.2. The maximum absolute atomic E-state index is 11.9. The van der Waals surface area contributed by atoms with Crippen LogP contribution in [0.5, 0.6) is 0 Å². The van der Waals surface area contributed by atoms with Gasteiger partial charge in [-0.15, -0.1) is 11.3 Å². The fraction of sp³-hybridized carbons (Fsp3) is 0.583. The molecule has 1 atom stereocenters. The number of aliphatic hydroxyl groups excluding tert-OH is 1. The number of halogens is 1. The Labute approximate surface area is 120 Å². The standard InChI is InChI=1S/C12H18BrNO3S/c1-12(2,3)17-11(16)14(4)8(7-15)9-5-6-10(13)18-9/h5-6,8,15H,7H2,1-4H3. The lowest BCUT2D eigenvalue weighted by Gasteiger charge is -2.29. The van der Waals surface area contributed by atoms with Crippen molar-refractivity contribution in [3.05, 3.63) is 20.8 Å². The summed E-state index contributed by atoms with van der Waals surface area (Å²) in [5, 5.41) is 9.45. The minimum atomic E-state index is -0.540. The topological polar surface area (TPSA) is 49.8 Å². The monoisotopic (exact) mass is 335 g/mol. The van der Waals surface area contributed by atoms with Gasteiger partial charge in [-0.25, -0.2) is 4.79 Å². The van der Waals surface area contributed by atoms with E-state index in [0.717, 1.165) is 8.66 Å². The van der Waals surface area contributed by atoms with E-state index in [1.165, 1.54) is 16.2 Å². The first kappa shape index (κ1) is 15.5. The number of nitrogens with zero attached hydrogens (tertiary/aromatic N) is 1. The van der Waals surface area contributed by atoms with Gasteiger partial charge in [-0.2, -0.15) is 0 Å². The number of hydrogen-bond acceptors (Lipinski definition) is 4. The molecular formula is C12H18BrNO3S. The van der Waals surface area contributed by atoms with Crippen molar-refractivity contribution in [1.82, 2.24) is 4.90 Å². The second-order valence-corrected chi connectivity index (χ2v) is 7.43. The Balaban J connectivity index is 2.80. The molecule has 0 spiro atoms. The van der Waals surface area contributed by atoms with Gasteiger partial charge in [0.05, 0.1) is 16.4 Å². The summed E-state index contributed by atoms with van der Waals surface area (Å²) >= 11 is 4.86. The number of ether oxygens (including phenoxy) is 1. The lowest BCUT2D eigenvalue weighted by Crippen LogP contribution is -2.37. The summed E-state index contributed by atoms with van der Waals surface area (Å²) in [5.74, 6) is 0. The maximum atomic E-state index is 11.9. The van der Waals surface area contributed by atoms with Crippen LogP contribution >= 0.6 is 27.3 Å². The van der Waals surface area contributed by atoms with E-state index >= 15 is 0 Å². The molecular weight excluding hydrogens is 318 g/mol. The van der Waals surface area contributed by atoms with Gasteiger partial charge in [-0.05, 0) is 48.8 Å². The number of aliphatic hydroxyl groups is 1. The molecule has 1 unspecified atom stereocenters. The Hall–Kier alpha value is -0.590. The third-order valence-corrected chi connectivity index (χ3v) is 3.97. The van der Waals surface area contributed by atoms with Crippen LogP contribution in [0.2, 0.25) is 0 Å². The van der Waals surface area contributed by atoms with Crippen molar-refractivity contribution in [3.8, 4) is 0 Å². The molecule has 102 valence electrons. The summed E-state index contributed by atoms with van der Waals surface area (Å²) in [6, 6.07) is 3.40. The summed E-state index contributed by atoms with van der Waals surface area (Å²) in [6.07, 6.45) is -0.439. The zero-order chi connectivity index (χ0) is 13.9. The molecule has 0 aromatic carbocycles. The molecule has 0 saturated heterocycles. The van der Waals surface area contributed by atoms with E-state index in [1.54, 1.807) is 7.05 Å². The van der Waals surface area contributed by atoms with Gasteiger partial charge in [-0.3, -0.25) is 0 Å². The molecule has 6 heteroatoms. The SMILES string of the molecule is CN(C(=O)OC(C)(C)C)C(CO)c1ccc(Br)s1. The summed E-state index contributed by atoms with van der Waals surface area (Å²) in [5.41, 5.74) is -0.540. The molecule has 1 heterocycles. The van der Waals surface area contributed by atoms with E-state index in [4.69, 9.17) is 4.74 Å². The number of hydrogen-bond donors (Lipinski definition) is 1. The molecule has 0 aliphatic rings. The van der Waals surface area contributed by atoms with Crippen molar-refractivity contribution in [1.29, 1.82) is 0 Å². The Morgan fingerprint density at radius 1 is 1.56 bits per heavy atom. The van der Waals surface area contributed by atoms with Crippen LogP contribution in [0.3, 0.4) is 0 Å². The molecule has 0 fully saturated rings. The number of carbonyl (C=O) groups is 1. The van der Waals surface area contributed by atoms with Gasteiger partial charge < -0.3 is 14.7 Å². The van der Waals surface area contributed by atoms with E-state index in [0.29, 0.717) is 0 Å². The minimum absolute atomic E-state index is 0.136. The van der Waals surface area contributed by atoms with Gasteiger partial charge >= 0.3 is 6.09 Å². The molecule has 0 aliphatic carbocycles. The highest BCUT2D eigenvalue weighted by molar-refractivity contribution is 9.11. The fourth-order valence-electron chi connectivity index (χ4n) is 1.37. The normalized spacial score (nSPS) is 13.2. The molecule has 4 nitrogen and oxygen atoms in total. The summed E-state index contributed by atoms with van der Waals surface area (Å²) in [7, 11) is 1.63. The van der Waals surface area contributed by atoms with Gasteiger partial charge in [0.2, 0.25) is 0 Å². The Bertz CT molecular complexity index is 414. The number of rotatable bonds is 3. The molecule has 1 amide bonds. The van der Waals surface area contributed by atoms with Crippen LogP contribution in [-0.2, 0) is 4.74 Å². The van der Waals surface area contributed by atoms with E-state index in [1.807, 2.05) is 32.9 Å². The Morgan fingerprint density at radius 2 is 2.17 bits per heavy atom. The van der Waals surface area contributed by atoms with E-state index < -0.39 is 11.7 Å². The predicted octanol–water partition coefficient (Wildman–Crippen LogP) is 3.41. The van der Waals surface area contributed by atoms with Crippen molar-refractivity contribution in [2.45, 2.75) is 32.4 Å². The van der Waals surface area contributed by atoms with Crippen LogP contribution < -0.4 is 0 Å². The molecule has 1 aromatic heterocycles. The van der Waals surface area contributed by atoms with Crippen molar-refractivity contribution in [3.63, 3.8) is 0 Å². The van der Waals surface area contributed by atoms with Gasteiger partial charge in [0.15, 0.2) is 0 Å². The Morgan fingerprint density at radius 3 is 2.56 bits per heavy atom. The third kappa shape index (κ3) is 4.26. The molecule has 0 bridgehead atoms. The average Bonchev–Trinajstić information content (AvgIpc) is 2.63. The summed E-state index contributed by atoms with van der Waals surface area (Å²) < 4.78 is 6.25. The van der Waals surface area contributed by atoms with Crippen LogP contribution in [0.25, 0.3) is 0 Å². The van der Waals surface area contributed by atoms with Crippen molar-refractivity contribution in [2.75, 3.05) is 13.7 Å². The first-order valence-electron chi connectivity index (χ1n) is 5.56. The molecule has 18 heavy (non-hydrogen) atoms. The summed E-state index contributed by atoms with van der Waals surface area (Å²) in [4.78, 5) is 14.3. The minimum Gasteiger partial charge on any atom is -0.444 e. The highest BCUT2D eigenvalue weighted by Gasteiger charge is 2.26. The first-order valence-corrected chi connectivity index (χ1v) is 7.17. The van der Waals surface area contributed by atoms with Crippen molar-refractivity contribution >= 4 is 33.4 Å². The average molecular weight is 336 g/mol. The number of likely N-dealkylation sites (N-methyl/N-ethyl adjacent to an activating group) is 1. The highest BCUT2D eigenvalue weighted by Crippen LogP contribution is 2.30. The second-order valence-electron chi connectivity index (χ2n) is 4.93. The molecule has 0 aliphatic heterocycles. The predicted molar refractivity (Wildman–Crippen MR) is 75.8 cm³/mol. The van der Waals surface area contributed by atoms with Crippen molar-refractivity contribution < 1.29 is 14.6 Å². The number of thiophene rings is 1. The van der Waals surface area contributed by atoms with Crippen LogP contribution in [0.15, 0.2) is 15.9 Å². The van der Waals surface area contributed by atoms with Crippen molar-refractivity contribution in [2.24, 2.45) is 0 Å². The number of carbonyl (C=O) groups excluding carboxylic acids is 1. The number of amides is 1. The van der Waals surface area contributed by atoms with E-state index in [2.05, 4.69) is 15.9 Å².